The Hall–Kier alpha value is -3.06. The third kappa shape index (κ3) is 5.53. The lowest BCUT2D eigenvalue weighted by atomic mass is 10.1. The molecule has 2 saturated heterocycles. The second-order valence-corrected chi connectivity index (χ2v) is 9.30. The molecule has 0 saturated carbocycles. The van der Waals surface area contributed by atoms with Crippen LogP contribution in [0, 0.1) is 19.8 Å². The zero-order chi connectivity index (χ0) is 24.1. The molecule has 2 heterocycles. The number of carbonyl (C=O) groups excluding carboxylic acids is 2. The normalized spacial score (nSPS) is 18.9. The fourth-order valence-electron chi connectivity index (χ4n) is 4.83. The second-order valence-electron chi connectivity index (χ2n) is 9.30. The Morgan fingerprint density at radius 3 is 2.50 bits per heavy atom. The van der Waals surface area contributed by atoms with Crippen molar-refractivity contribution >= 4 is 23.2 Å². The van der Waals surface area contributed by atoms with Gasteiger partial charge < -0.3 is 19.9 Å². The summed E-state index contributed by atoms with van der Waals surface area (Å²) < 4.78 is 5.24. The van der Waals surface area contributed by atoms with E-state index in [2.05, 4.69) is 27.2 Å². The zero-order valence-electron chi connectivity index (χ0n) is 20.5. The maximum absolute atomic E-state index is 12.7. The van der Waals surface area contributed by atoms with Crippen molar-refractivity contribution in [1.82, 2.24) is 10.2 Å². The van der Waals surface area contributed by atoms with Crippen molar-refractivity contribution in [3.63, 3.8) is 0 Å². The van der Waals surface area contributed by atoms with Crippen LogP contribution in [0.1, 0.15) is 24.0 Å². The lowest BCUT2D eigenvalue weighted by Crippen LogP contribution is -2.47. The van der Waals surface area contributed by atoms with E-state index in [1.165, 1.54) is 5.69 Å². The Balaban J connectivity index is 1.16. The summed E-state index contributed by atoms with van der Waals surface area (Å²) in [6.45, 7) is 10.2. The SMILES string of the molecule is COc1ccc(N2CCN(CCCNC(=O)C3CC(=O)N(c4cccc(C)c4C)C3)CC2)cc1. The van der Waals surface area contributed by atoms with Gasteiger partial charge in [0.25, 0.3) is 0 Å². The van der Waals surface area contributed by atoms with Gasteiger partial charge in [-0.1, -0.05) is 12.1 Å². The number of hydrogen-bond donors (Lipinski definition) is 1. The van der Waals surface area contributed by atoms with Crippen molar-refractivity contribution in [3.05, 3.63) is 53.6 Å². The van der Waals surface area contributed by atoms with Crippen LogP contribution in [0.25, 0.3) is 0 Å². The van der Waals surface area contributed by atoms with Gasteiger partial charge in [-0.2, -0.15) is 0 Å². The predicted molar refractivity (Wildman–Crippen MR) is 136 cm³/mol. The van der Waals surface area contributed by atoms with Crippen molar-refractivity contribution in [2.24, 2.45) is 5.92 Å². The van der Waals surface area contributed by atoms with Crippen LogP contribution in [0.2, 0.25) is 0 Å². The molecule has 1 unspecified atom stereocenters. The number of rotatable bonds is 8. The van der Waals surface area contributed by atoms with Crippen LogP contribution in [-0.4, -0.2) is 69.6 Å². The van der Waals surface area contributed by atoms with Gasteiger partial charge in [0, 0.05) is 57.1 Å². The number of nitrogens with one attached hydrogen (secondary N) is 1. The molecule has 7 nitrogen and oxygen atoms in total. The fraction of sp³-hybridized carbons (Fsp3) is 0.481. The quantitative estimate of drug-likeness (QED) is 0.609. The van der Waals surface area contributed by atoms with Crippen LogP contribution in [0.3, 0.4) is 0 Å². The zero-order valence-corrected chi connectivity index (χ0v) is 20.5. The average Bonchev–Trinajstić information content (AvgIpc) is 3.25. The highest BCUT2D eigenvalue weighted by Crippen LogP contribution is 2.29. The number of hydrogen-bond acceptors (Lipinski definition) is 5. The first-order valence-corrected chi connectivity index (χ1v) is 12.2. The molecule has 1 atom stereocenters. The summed E-state index contributed by atoms with van der Waals surface area (Å²) in [5, 5.41) is 3.06. The minimum atomic E-state index is -0.277. The highest BCUT2D eigenvalue weighted by molar-refractivity contribution is 6.00. The average molecular weight is 465 g/mol. The molecule has 182 valence electrons. The van der Waals surface area contributed by atoms with E-state index in [9.17, 15) is 9.59 Å². The van der Waals surface area contributed by atoms with Gasteiger partial charge in [0.1, 0.15) is 5.75 Å². The number of nitrogens with zero attached hydrogens (tertiary/aromatic N) is 3. The highest BCUT2D eigenvalue weighted by atomic mass is 16.5. The molecule has 1 N–H and O–H groups in total. The van der Waals surface area contributed by atoms with E-state index in [0.29, 0.717) is 13.1 Å². The fourth-order valence-corrected chi connectivity index (χ4v) is 4.83. The number of carbonyl (C=O) groups is 2. The Morgan fingerprint density at radius 1 is 1.06 bits per heavy atom. The predicted octanol–water partition coefficient (Wildman–Crippen LogP) is 2.99. The number of benzene rings is 2. The van der Waals surface area contributed by atoms with Crippen molar-refractivity contribution in [2.75, 3.05) is 62.7 Å². The van der Waals surface area contributed by atoms with Crippen LogP contribution >= 0.6 is 0 Å². The van der Waals surface area contributed by atoms with Crippen LogP contribution in [0.4, 0.5) is 11.4 Å². The van der Waals surface area contributed by atoms with Crippen LogP contribution < -0.4 is 19.9 Å². The molecule has 2 aliphatic heterocycles. The molecule has 2 aromatic rings. The topological polar surface area (TPSA) is 65.1 Å². The van der Waals surface area contributed by atoms with Crippen molar-refractivity contribution in [2.45, 2.75) is 26.7 Å². The summed E-state index contributed by atoms with van der Waals surface area (Å²) in [6, 6.07) is 14.2. The molecule has 34 heavy (non-hydrogen) atoms. The van der Waals surface area contributed by atoms with Gasteiger partial charge in [0.15, 0.2) is 0 Å². The van der Waals surface area contributed by atoms with Gasteiger partial charge in [-0.25, -0.2) is 0 Å². The maximum Gasteiger partial charge on any atom is 0.227 e. The Labute approximate surface area is 202 Å². The van der Waals surface area contributed by atoms with Crippen molar-refractivity contribution in [3.8, 4) is 5.75 Å². The standard InChI is InChI=1S/C27H36N4O3/c1-20-6-4-7-25(21(20)2)31-19-22(18-26(31)32)27(33)28-12-5-13-29-14-16-30(17-15-29)23-8-10-24(34-3)11-9-23/h4,6-11,22H,5,12-19H2,1-3H3,(H,28,33). The summed E-state index contributed by atoms with van der Waals surface area (Å²) in [4.78, 5) is 31.9. The molecule has 2 aliphatic rings. The van der Waals surface area contributed by atoms with Crippen LogP contribution in [0.15, 0.2) is 42.5 Å². The molecular weight excluding hydrogens is 428 g/mol. The molecule has 2 aromatic carbocycles. The number of aryl methyl sites for hydroxylation is 1. The van der Waals surface area contributed by atoms with Gasteiger partial charge in [-0.15, -0.1) is 0 Å². The molecular formula is C27H36N4O3. The molecule has 2 fully saturated rings. The second kappa shape index (κ2) is 10.9. The van der Waals surface area contributed by atoms with Crippen molar-refractivity contribution < 1.29 is 14.3 Å². The van der Waals surface area contributed by atoms with E-state index >= 15 is 0 Å². The summed E-state index contributed by atoms with van der Waals surface area (Å²) >= 11 is 0. The monoisotopic (exact) mass is 464 g/mol. The first-order valence-electron chi connectivity index (χ1n) is 12.2. The molecule has 7 heteroatoms. The first kappa shape index (κ1) is 24.1. The van der Waals surface area contributed by atoms with E-state index in [-0.39, 0.29) is 24.2 Å². The third-order valence-electron chi connectivity index (χ3n) is 7.12. The van der Waals surface area contributed by atoms with Crippen LogP contribution in [-0.2, 0) is 9.59 Å². The smallest absolute Gasteiger partial charge is 0.227 e. The summed E-state index contributed by atoms with van der Waals surface area (Å²) in [7, 11) is 1.68. The van der Waals surface area contributed by atoms with E-state index in [1.54, 1.807) is 12.0 Å². The number of anilines is 2. The summed E-state index contributed by atoms with van der Waals surface area (Å²) in [6.07, 6.45) is 1.20. The summed E-state index contributed by atoms with van der Waals surface area (Å²) in [5.74, 6) is 0.624. The van der Waals surface area contributed by atoms with Gasteiger partial charge >= 0.3 is 0 Å². The highest BCUT2D eigenvalue weighted by Gasteiger charge is 2.35. The van der Waals surface area contributed by atoms with E-state index in [0.717, 1.165) is 61.7 Å². The number of methoxy groups -OCH3 is 1. The van der Waals surface area contributed by atoms with E-state index in [4.69, 9.17) is 4.74 Å². The minimum Gasteiger partial charge on any atom is -0.497 e. The van der Waals surface area contributed by atoms with E-state index < -0.39 is 0 Å². The molecule has 4 rings (SSSR count). The van der Waals surface area contributed by atoms with Gasteiger partial charge in [-0.3, -0.25) is 14.5 Å². The summed E-state index contributed by atoms with van der Waals surface area (Å²) in [5.41, 5.74) is 4.41. The van der Waals surface area contributed by atoms with Crippen molar-refractivity contribution in [1.29, 1.82) is 0 Å². The molecule has 0 bridgehead atoms. The molecule has 0 aromatic heterocycles. The lowest BCUT2D eigenvalue weighted by Gasteiger charge is -2.36. The Bertz CT molecular complexity index is 999. The first-order chi connectivity index (χ1) is 16.5. The maximum atomic E-state index is 12.7. The number of piperazine rings is 1. The van der Waals surface area contributed by atoms with Gasteiger partial charge in [0.05, 0.1) is 13.0 Å². The van der Waals surface area contributed by atoms with Gasteiger partial charge in [-0.05, 0) is 68.3 Å². The number of ether oxygens (including phenoxy) is 1. The molecule has 2 amide bonds. The molecule has 0 radical (unpaired) electrons. The Morgan fingerprint density at radius 2 is 1.79 bits per heavy atom. The number of amides is 2. The minimum absolute atomic E-state index is 0.00881. The largest absolute Gasteiger partial charge is 0.497 e. The van der Waals surface area contributed by atoms with Gasteiger partial charge in [0.2, 0.25) is 11.8 Å². The Kier molecular flexibility index (Phi) is 7.73. The van der Waals surface area contributed by atoms with E-state index in [1.807, 2.05) is 44.2 Å². The molecule has 0 spiro atoms. The third-order valence-corrected chi connectivity index (χ3v) is 7.12. The lowest BCUT2D eigenvalue weighted by molar-refractivity contribution is -0.126. The molecule has 0 aliphatic carbocycles. The van der Waals surface area contributed by atoms with Crippen LogP contribution in [0.5, 0.6) is 5.75 Å².